The molecule has 0 radical (unpaired) electrons. The SMILES string of the molecule is Nc1cccc(C(=O)O)c1NCc1ccc(Cl)s1. The minimum Gasteiger partial charge on any atom is -0.478 e. The van der Waals surface area contributed by atoms with Gasteiger partial charge in [-0.2, -0.15) is 0 Å². The van der Waals surface area contributed by atoms with Crippen LogP contribution in [-0.4, -0.2) is 11.1 Å². The minimum absolute atomic E-state index is 0.164. The summed E-state index contributed by atoms with van der Waals surface area (Å²) in [7, 11) is 0. The van der Waals surface area contributed by atoms with Crippen LogP contribution in [0.5, 0.6) is 0 Å². The first-order valence-corrected chi connectivity index (χ1v) is 6.37. The van der Waals surface area contributed by atoms with Gasteiger partial charge in [0.2, 0.25) is 0 Å². The molecule has 2 rings (SSSR count). The first-order valence-electron chi connectivity index (χ1n) is 5.18. The molecule has 0 spiro atoms. The van der Waals surface area contributed by atoms with Crippen molar-refractivity contribution in [3.63, 3.8) is 0 Å². The highest BCUT2D eigenvalue weighted by Crippen LogP contribution is 2.26. The Morgan fingerprint density at radius 3 is 2.78 bits per heavy atom. The fourth-order valence-corrected chi connectivity index (χ4v) is 2.60. The van der Waals surface area contributed by atoms with Crippen LogP contribution >= 0.6 is 22.9 Å². The normalized spacial score (nSPS) is 10.3. The molecule has 2 aromatic rings. The summed E-state index contributed by atoms with van der Waals surface area (Å²) in [6.07, 6.45) is 0. The van der Waals surface area contributed by atoms with Gasteiger partial charge in [0.1, 0.15) is 0 Å². The number of hydrogen-bond acceptors (Lipinski definition) is 4. The van der Waals surface area contributed by atoms with Gasteiger partial charge in [0.15, 0.2) is 0 Å². The van der Waals surface area contributed by atoms with Crippen LogP contribution in [-0.2, 0) is 6.54 Å². The predicted octanol–water partition coefficient (Wildman–Crippen LogP) is 3.29. The lowest BCUT2D eigenvalue weighted by Gasteiger charge is -2.11. The van der Waals surface area contributed by atoms with Gasteiger partial charge >= 0.3 is 5.97 Å². The van der Waals surface area contributed by atoms with E-state index in [4.69, 9.17) is 22.4 Å². The van der Waals surface area contributed by atoms with E-state index in [2.05, 4.69) is 5.32 Å². The standard InChI is InChI=1S/C12H11ClN2O2S/c13-10-5-4-7(18-10)6-15-11-8(12(16)17)2-1-3-9(11)14/h1-5,15H,6,14H2,(H,16,17). The average molecular weight is 283 g/mol. The molecule has 0 aliphatic rings. The van der Waals surface area contributed by atoms with Crippen molar-refractivity contribution in [1.29, 1.82) is 0 Å². The second-order valence-electron chi connectivity index (χ2n) is 3.63. The van der Waals surface area contributed by atoms with Crippen molar-refractivity contribution >= 4 is 40.3 Å². The number of thiophene rings is 1. The Hall–Kier alpha value is -1.72. The zero-order valence-electron chi connectivity index (χ0n) is 9.31. The molecule has 4 N–H and O–H groups in total. The molecule has 1 aromatic carbocycles. The maximum atomic E-state index is 11.1. The summed E-state index contributed by atoms with van der Waals surface area (Å²) in [5.41, 5.74) is 6.80. The smallest absolute Gasteiger partial charge is 0.337 e. The average Bonchev–Trinajstić information content (AvgIpc) is 2.73. The van der Waals surface area contributed by atoms with Crippen molar-refractivity contribution < 1.29 is 9.90 Å². The summed E-state index contributed by atoms with van der Waals surface area (Å²) in [5.74, 6) is -1.01. The molecule has 0 aliphatic heterocycles. The third-order valence-electron chi connectivity index (χ3n) is 2.40. The molecule has 0 amide bonds. The Bertz CT molecular complexity index is 583. The number of carboxylic acids is 1. The van der Waals surface area contributed by atoms with E-state index >= 15 is 0 Å². The van der Waals surface area contributed by atoms with Crippen LogP contribution in [0, 0.1) is 0 Å². The number of carboxylic acid groups (broad SMARTS) is 1. The number of carbonyl (C=O) groups is 1. The number of halogens is 1. The second-order valence-corrected chi connectivity index (χ2v) is 5.43. The monoisotopic (exact) mass is 282 g/mol. The molecular weight excluding hydrogens is 272 g/mol. The number of hydrogen-bond donors (Lipinski definition) is 3. The van der Waals surface area contributed by atoms with E-state index in [0.29, 0.717) is 22.3 Å². The molecule has 6 heteroatoms. The van der Waals surface area contributed by atoms with Crippen LogP contribution < -0.4 is 11.1 Å². The molecule has 18 heavy (non-hydrogen) atoms. The molecule has 0 saturated heterocycles. The van der Waals surface area contributed by atoms with Crippen molar-refractivity contribution in [3.8, 4) is 0 Å². The number of aromatic carboxylic acids is 1. The lowest BCUT2D eigenvalue weighted by molar-refractivity contribution is 0.0698. The van der Waals surface area contributed by atoms with Gasteiger partial charge in [0, 0.05) is 11.4 Å². The maximum absolute atomic E-state index is 11.1. The summed E-state index contributed by atoms with van der Waals surface area (Å²) in [6, 6.07) is 8.49. The van der Waals surface area contributed by atoms with E-state index < -0.39 is 5.97 Å². The highest BCUT2D eigenvalue weighted by molar-refractivity contribution is 7.16. The highest BCUT2D eigenvalue weighted by atomic mass is 35.5. The summed E-state index contributed by atoms with van der Waals surface area (Å²) in [6.45, 7) is 0.492. The van der Waals surface area contributed by atoms with E-state index in [-0.39, 0.29) is 5.56 Å². The van der Waals surface area contributed by atoms with E-state index in [0.717, 1.165) is 4.88 Å². The molecule has 0 fully saturated rings. The van der Waals surface area contributed by atoms with Crippen LogP contribution in [0.1, 0.15) is 15.2 Å². The molecule has 0 bridgehead atoms. The van der Waals surface area contributed by atoms with E-state index in [1.54, 1.807) is 18.2 Å². The van der Waals surface area contributed by atoms with Crippen molar-refractivity contribution in [3.05, 3.63) is 45.1 Å². The zero-order chi connectivity index (χ0) is 13.1. The molecule has 4 nitrogen and oxygen atoms in total. The number of benzene rings is 1. The van der Waals surface area contributed by atoms with Crippen molar-refractivity contribution in [1.82, 2.24) is 0 Å². The molecule has 1 heterocycles. The van der Waals surface area contributed by atoms with Crippen molar-refractivity contribution in [2.24, 2.45) is 0 Å². The van der Waals surface area contributed by atoms with Crippen LogP contribution in [0.15, 0.2) is 30.3 Å². The topological polar surface area (TPSA) is 75.4 Å². The Kier molecular flexibility index (Phi) is 3.74. The van der Waals surface area contributed by atoms with Crippen molar-refractivity contribution in [2.45, 2.75) is 6.54 Å². The van der Waals surface area contributed by atoms with Gasteiger partial charge in [-0.25, -0.2) is 4.79 Å². The number of para-hydroxylation sites is 1. The number of anilines is 2. The first-order chi connectivity index (χ1) is 8.58. The summed E-state index contributed by atoms with van der Waals surface area (Å²) in [5, 5.41) is 12.1. The van der Waals surface area contributed by atoms with Crippen LogP contribution in [0.25, 0.3) is 0 Å². The van der Waals surface area contributed by atoms with E-state index in [1.807, 2.05) is 6.07 Å². The summed E-state index contributed by atoms with van der Waals surface area (Å²) < 4.78 is 0.700. The number of nitrogen functional groups attached to an aromatic ring is 1. The molecule has 0 saturated carbocycles. The van der Waals surface area contributed by atoms with Crippen LogP contribution in [0.2, 0.25) is 4.34 Å². The fraction of sp³-hybridized carbons (Fsp3) is 0.0833. The Balaban J connectivity index is 2.20. The van der Waals surface area contributed by atoms with Gasteiger partial charge in [-0.1, -0.05) is 17.7 Å². The number of nitrogens with one attached hydrogen (secondary N) is 1. The largest absolute Gasteiger partial charge is 0.478 e. The van der Waals surface area contributed by atoms with Gasteiger partial charge in [-0.15, -0.1) is 11.3 Å². The number of rotatable bonds is 4. The molecule has 0 aliphatic carbocycles. The third-order valence-corrected chi connectivity index (χ3v) is 3.63. The van der Waals surface area contributed by atoms with E-state index in [9.17, 15) is 4.79 Å². The third kappa shape index (κ3) is 2.75. The lowest BCUT2D eigenvalue weighted by atomic mass is 10.1. The van der Waals surface area contributed by atoms with Gasteiger partial charge in [-0.3, -0.25) is 0 Å². The summed E-state index contributed by atoms with van der Waals surface area (Å²) >= 11 is 7.27. The van der Waals surface area contributed by atoms with Crippen LogP contribution in [0.3, 0.4) is 0 Å². The Morgan fingerprint density at radius 1 is 1.39 bits per heavy atom. The van der Waals surface area contributed by atoms with Gasteiger partial charge in [0.25, 0.3) is 0 Å². The second kappa shape index (κ2) is 5.29. The molecule has 0 unspecified atom stereocenters. The molecule has 0 atom stereocenters. The Labute approximate surface area is 113 Å². The Morgan fingerprint density at radius 2 is 2.17 bits per heavy atom. The highest BCUT2D eigenvalue weighted by Gasteiger charge is 2.12. The van der Waals surface area contributed by atoms with Gasteiger partial charge in [-0.05, 0) is 24.3 Å². The molecular formula is C12H11ClN2O2S. The molecule has 94 valence electrons. The zero-order valence-corrected chi connectivity index (χ0v) is 10.9. The minimum atomic E-state index is -1.01. The lowest BCUT2D eigenvalue weighted by Crippen LogP contribution is -2.08. The van der Waals surface area contributed by atoms with Crippen molar-refractivity contribution in [2.75, 3.05) is 11.1 Å². The van der Waals surface area contributed by atoms with Crippen LogP contribution in [0.4, 0.5) is 11.4 Å². The first kappa shape index (κ1) is 12.7. The predicted molar refractivity (Wildman–Crippen MR) is 74.5 cm³/mol. The fourth-order valence-electron chi connectivity index (χ4n) is 1.57. The summed E-state index contributed by atoms with van der Waals surface area (Å²) in [4.78, 5) is 12.1. The molecule has 1 aromatic heterocycles. The van der Waals surface area contributed by atoms with E-state index in [1.165, 1.54) is 17.4 Å². The van der Waals surface area contributed by atoms with Gasteiger partial charge < -0.3 is 16.2 Å². The number of nitrogens with two attached hydrogens (primary N) is 1. The quantitative estimate of drug-likeness (QED) is 0.752. The van der Waals surface area contributed by atoms with Gasteiger partial charge in [0.05, 0.1) is 21.3 Å². The maximum Gasteiger partial charge on any atom is 0.337 e.